The Labute approximate surface area is 117 Å². The molecule has 0 aliphatic heterocycles. The molecule has 0 saturated carbocycles. The summed E-state index contributed by atoms with van der Waals surface area (Å²) in [4.78, 5) is 19.2. The zero-order chi connectivity index (χ0) is 14.5. The van der Waals surface area contributed by atoms with Crippen LogP contribution in [0.3, 0.4) is 0 Å². The van der Waals surface area contributed by atoms with Gasteiger partial charge in [-0.15, -0.1) is 0 Å². The number of aromatic nitrogens is 2. The average Bonchev–Trinajstić information content (AvgIpc) is 2.38. The number of hydrogen-bond donors (Lipinski definition) is 1. The van der Waals surface area contributed by atoms with Gasteiger partial charge in [-0.1, -0.05) is 0 Å². The predicted octanol–water partition coefficient (Wildman–Crippen LogP) is 2.48. The van der Waals surface area contributed by atoms with E-state index >= 15 is 0 Å². The molecule has 1 N–H and O–H groups in total. The molecule has 0 fully saturated rings. The maximum absolute atomic E-state index is 10.7. The lowest BCUT2D eigenvalue weighted by Gasteiger charge is -2.07. The third-order valence-electron chi connectivity index (χ3n) is 2.67. The third kappa shape index (κ3) is 3.54. The number of aryl methyl sites for hydroxylation is 1. The van der Waals surface area contributed by atoms with Gasteiger partial charge in [-0.05, 0) is 44.2 Å². The summed E-state index contributed by atoms with van der Waals surface area (Å²) in [5, 5.41) is 8.82. The fourth-order valence-electron chi connectivity index (χ4n) is 1.88. The van der Waals surface area contributed by atoms with Crippen LogP contribution >= 0.6 is 0 Å². The van der Waals surface area contributed by atoms with Gasteiger partial charge in [0.25, 0.3) is 0 Å². The Bertz CT molecular complexity index is 609. The Morgan fingerprint density at radius 1 is 1.25 bits per heavy atom. The number of rotatable bonds is 5. The highest BCUT2D eigenvalue weighted by molar-refractivity contribution is 5.69. The van der Waals surface area contributed by atoms with Crippen molar-refractivity contribution >= 4 is 5.97 Å². The van der Waals surface area contributed by atoms with Crippen LogP contribution in [0.25, 0.3) is 11.3 Å². The van der Waals surface area contributed by atoms with Crippen LogP contribution in [0.1, 0.15) is 18.4 Å². The maximum atomic E-state index is 10.7. The standard InChI is InChI=1S/C15H16N2O3/c1-3-20-12-6-4-11(5-7-12)13-8-10(2)16-14(17-13)9-15(18)19/h4-8H,3,9H2,1-2H3,(H,18,19). The van der Waals surface area contributed by atoms with Crippen LogP contribution in [0.2, 0.25) is 0 Å². The van der Waals surface area contributed by atoms with E-state index in [0.29, 0.717) is 12.4 Å². The molecule has 1 aromatic carbocycles. The minimum atomic E-state index is -0.937. The zero-order valence-electron chi connectivity index (χ0n) is 11.5. The van der Waals surface area contributed by atoms with E-state index in [1.807, 2.05) is 44.2 Å². The third-order valence-corrected chi connectivity index (χ3v) is 2.67. The van der Waals surface area contributed by atoms with Crippen LogP contribution < -0.4 is 4.74 Å². The normalized spacial score (nSPS) is 10.3. The Morgan fingerprint density at radius 2 is 1.95 bits per heavy atom. The van der Waals surface area contributed by atoms with Gasteiger partial charge in [0.1, 0.15) is 18.0 Å². The first-order valence-corrected chi connectivity index (χ1v) is 6.38. The van der Waals surface area contributed by atoms with Gasteiger partial charge < -0.3 is 9.84 Å². The fourth-order valence-corrected chi connectivity index (χ4v) is 1.88. The average molecular weight is 272 g/mol. The van der Waals surface area contributed by atoms with Crippen LogP contribution in [0, 0.1) is 6.92 Å². The summed E-state index contributed by atoms with van der Waals surface area (Å²) in [5.74, 6) is 0.183. The van der Waals surface area contributed by atoms with E-state index in [1.54, 1.807) is 0 Å². The quantitative estimate of drug-likeness (QED) is 0.905. The van der Waals surface area contributed by atoms with Crippen molar-refractivity contribution in [3.8, 4) is 17.0 Å². The van der Waals surface area contributed by atoms with Gasteiger partial charge in [-0.25, -0.2) is 9.97 Å². The molecule has 0 spiro atoms. The summed E-state index contributed by atoms with van der Waals surface area (Å²) >= 11 is 0. The molecule has 104 valence electrons. The van der Waals surface area contributed by atoms with Crippen molar-refractivity contribution in [3.63, 3.8) is 0 Å². The first-order valence-electron chi connectivity index (χ1n) is 6.38. The van der Waals surface area contributed by atoms with Gasteiger partial charge in [0.05, 0.1) is 12.3 Å². The van der Waals surface area contributed by atoms with Gasteiger partial charge in [-0.2, -0.15) is 0 Å². The van der Waals surface area contributed by atoms with E-state index < -0.39 is 5.97 Å². The number of benzene rings is 1. The van der Waals surface area contributed by atoms with E-state index in [0.717, 1.165) is 22.7 Å². The van der Waals surface area contributed by atoms with Crippen LogP contribution in [0.15, 0.2) is 30.3 Å². The van der Waals surface area contributed by atoms with Crippen molar-refractivity contribution in [1.29, 1.82) is 0 Å². The number of ether oxygens (including phenoxy) is 1. The Balaban J connectivity index is 2.31. The lowest BCUT2D eigenvalue weighted by Crippen LogP contribution is -2.06. The minimum Gasteiger partial charge on any atom is -0.494 e. The van der Waals surface area contributed by atoms with Crippen LogP contribution in [0.4, 0.5) is 0 Å². The lowest BCUT2D eigenvalue weighted by molar-refractivity contribution is -0.136. The maximum Gasteiger partial charge on any atom is 0.311 e. The van der Waals surface area contributed by atoms with Crippen molar-refractivity contribution in [3.05, 3.63) is 41.9 Å². The predicted molar refractivity (Wildman–Crippen MR) is 74.7 cm³/mol. The number of carbonyl (C=O) groups is 1. The lowest BCUT2D eigenvalue weighted by atomic mass is 10.1. The Morgan fingerprint density at radius 3 is 2.55 bits per heavy atom. The van der Waals surface area contributed by atoms with E-state index in [-0.39, 0.29) is 6.42 Å². The summed E-state index contributed by atoms with van der Waals surface area (Å²) < 4.78 is 5.39. The van der Waals surface area contributed by atoms with Gasteiger partial charge >= 0.3 is 5.97 Å². The molecule has 0 saturated heterocycles. The highest BCUT2D eigenvalue weighted by Crippen LogP contribution is 2.21. The monoisotopic (exact) mass is 272 g/mol. The first kappa shape index (κ1) is 14.0. The smallest absolute Gasteiger partial charge is 0.311 e. The molecule has 0 atom stereocenters. The molecule has 2 rings (SSSR count). The molecule has 0 aliphatic rings. The van der Waals surface area contributed by atoms with Crippen LogP contribution in [-0.4, -0.2) is 27.7 Å². The molecule has 1 heterocycles. The zero-order valence-corrected chi connectivity index (χ0v) is 11.5. The summed E-state index contributed by atoms with van der Waals surface area (Å²) in [6, 6.07) is 9.37. The SMILES string of the molecule is CCOc1ccc(-c2cc(C)nc(CC(=O)O)n2)cc1. The number of hydrogen-bond acceptors (Lipinski definition) is 4. The summed E-state index contributed by atoms with van der Waals surface area (Å²) in [6.07, 6.45) is -0.175. The summed E-state index contributed by atoms with van der Waals surface area (Å²) in [6.45, 7) is 4.37. The van der Waals surface area contributed by atoms with Gasteiger partial charge in [0.2, 0.25) is 0 Å². The molecule has 20 heavy (non-hydrogen) atoms. The minimum absolute atomic E-state index is 0.175. The van der Waals surface area contributed by atoms with E-state index in [2.05, 4.69) is 9.97 Å². The molecule has 2 aromatic rings. The second-order valence-electron chi connectivity index (χ2n) is 4.34. The van der Waals surface area contributed by atoms with E-state index in [9.17, 15) is 4.79 Å². The Kier molecular flexibility index (Phi) is 4.30. The van der Waals surface area contributed by atoms with Gasteiger partial charge in [-0.3, -0.25) is 4.79 Å². The molecule has 5 heteroatoms. The summed E-state index contributed by atoms with van der Waals surface area (Å²) in [5.41, 5.74) is 2.38. The Hall–Kier alpha value is -2.43. The molecule has 0 unspecified atom stereocenters. The van der Waals surface area contributed by atoms with E-state index in [1.165, 1.54) is 0 Å². The largest absolute Gasteiger partial charge is 0.494 e. The van der Waals surface area contributed by atoms with Crippen molar-refractivity contribution in [2.75, 3.05) is 6.61 Å². The molecule has 1 aromatic heterocycles. The van der Waals surface area contributed by atoms with Crippen LogP contribution in [-0.2, 0) is 11.2 Å². The topological polar surface area (TPSA) is 72.3 Å². The van der Waals surface area contributed by atoms with Gasteiger partial charge in [0, 0.05) is 11.3 Å². The fraction of sp³-hybridized carbons (Fsp3) is 0.267. The van der Waals surface area contributed by atoms with Crippen molar-refractivity contribution in [2.45, 2.75) is 20.3 Å². The molecular weight excluding hydrogens is 256 g/mol. The highest BCUT2D eigenvalue weighted by atomic mass is 16.5. The van der Waals surface area contributed by atoms with Crippen molar-refractivity contribution in [2.24, 2.45) is 0 Å². The molecule has 5 nitrogen and oxygen atoms in total. The highest BCUT2D eigenvalue weighted by Gasteiger charge is 2.08. The first-order chi connectivity index (χ1) is 9.58. The van der Waals surface area contributed by atoms with Crippen molar-refractivity contribution < 1.29 is 14.6 Å². The summed E-state index contributed by atoms with van der Waals surface area (Å²) in [7, 11) is 0. The molecular formula is C15H16N2O3. The molecule has 0 aliphatic carbocycles. The second-order valence-corrected chi connectivity index (χ2v) is 4.34. The number of carboxylic acid groups (broad SMARTS) is 1. The number of carboxylic acids is 1. The number of aliphatic carboxylic acids is 1. The van der Waals surface area contributed by atoms with Crippen LogP contribution in [0.5, 0.6) is 5.75 Å². The number of nitrogens with zero attached hydrogens (tertiary/aromatic N) is 2. The molecule has 0 bridgehead atoms. The second kappa shape index (κ2) is 6.14. The van der Waals surface area contributed by atoms with E-state index in [4.69, 9.17) is 9.84 Å². The molecule has 0 radical (unpaired) electrons. The van der Waals surface area contributed by atoms with Crippen molar-refractivity contribution in [1.82, 2.24) is 9.97 Å². The molecule has 0 amide bonds. The van der Waals surface area contributed by atoms with Gasteiger partial charge in [0.15, 0.2) is 0 Å².